The first-order valence-electron chi connectivity index (χ1n) is 6.79. The summed E-state index contributed by atoms with van der Waals surface area (Å²) in [6.07, 6.45) is 3.15. The number of hydrogen-bond donors (Lipinski definition) is 0. The molecule has 16 heavy (non-hydrogen) atoms. The molecule has 0 unspecified atom stereocenters. The van der Waals surface area contributed by atoms with Gasteiger partial charge in [-0.25, -0.2) is 0 Å². The Labute approximate surface area is 107 Å². The lowest BCUT2D eigenvalue weighted by Crippen LogP contribution is -2.55. The van der Waals surface area contributed by atoms with E-state index in [9.17, 15) is 0 Å². The maximum atomic E-state index is 6.71. The Morgan fingerprint density at radius 1 is 1.19 bits per heavy atom. The molecule has 3 aliphatic carbocycles. The second-order valence-electron chi connectivity index (χ2n) is 7.89. The summed E-state index contributed by atoms with van der Waals surface area (Å²) in [5.41, 5.74) is 0.588. The molecule has 0 spiro atoms. The van der Waals surface area contributed by atoms with E-state index in [1.54, 1.807) is 0 Å². The Bertz CT molecular complexity index is 279. The summed E-state index contributed by atoms with van der Waals surface area (Å²) in [6, 6.07) is 0. The van der Waals surface area contributed by atoms with Gasteiger partial charge in [-0.05, 0) is 40.7 Å². The molecule has 4 atom stereocenters. The van der Waals surface area contributed by atoms with Crippen molar-refractivity contribution in [3.05, 3.63) is 0 Å². The van der Waals surface area contributed by atoms with Crippen LogP contribution in [-0.4, -0.2) is 6.13 Å². The molecule has 0 nitrogen and oxygen atoms in total. The predicted octanol–water partition coefficient (Wildman–Crippen LogP) is 5.09. The summed E-state index contributed by atoms with van der Waals surface area (Å²) >= 11 is 6.71. The van der Waals surface area contributed by atoms with E-state index in [1.807, 2.05) is 0 Å². The molecule has 2 heteroatoms. The van der Waals surface area contributed by atoms with Crippen LogP contribution >= 0.6 is 11.5 Å². The van der Waals surface area contributed by atoms with Crippen molar-refractivity contribution < 1.29 is 0 Å². The third kappa shape index (κ3) is 1.74. The van der Waals surface area contributed by atoms with E-state index in [0.29, 0.717) is 11.5 Å². The third-order valence-corrected chi connectivity index (χ3v) is 6.59. The van der Waals surface area contributed by atoms with Crippen LogP contribution in [0.3, 0.4) is 0 Å². The SMILES string of the molecule is C[C@@H]1[C@H]2C[C@@H](C[C@H]1B(Cl)C(C)(C)C)C2(C)C. The molecule has 0 radical (unpaired) electrons. The van der Waals surface area contributed by atoms with Crippen molar-refractivity contribution in [3.63, 3.8) is 0 Å². The Morgan fingerprint density at radius 3 is 2.12 bits per heavy atom. The van der Waals surface area contributed by atoms with E-state index in [0.717, 1.165) is 23.6 Å². The minimum Gasteiger partial charge on any atom is -0.195 e. The van der Waals surface area contributed by atoms with Crippen molar-refractivity contribution >= 4 is 17.6 Å². The van der Waals surface area contributed by atoms with Crippen LogP contribution in [0.1, 0.15) is 54.4 Å². The van der Waals surface area contributed by atoms with Gasteiger partial charge in [-0.1, -0.05) is 48.0 Å². The molecular weight excluding hydrogens is 214 g/mol. The van der Waals surface area contributed by atoms with Gasteiger partial charge in [0.15, 0.2) is 0 Å². The Kier molecular flexibility index (Phi) is 2.94. The number of halogens is 1. The average Bonchev–Trinajstić information content (AvgIpc) is 2.14. The van der Waals surface area contributed by atoms with Gasteiger partial charge < -0.3 is 0 Å². The van der Waals surface area contributed by atoms with Crippen molar-refractivity contribution in [2.24, 2.45) is 23.2 Å². The smallest absolute Gasteiger partial charge is 0.195 e. The summed E-state index contributed by atoms with van der Waals surface area (Å²) in [6.45, 7) is 14.2. The zero-order valence-corrected chi connectivity index (χ0v) is 12.4. The minimum atomic E-state index is 0.244. The summed E-state index contributed by atoms with van der Waals surface area (Å²) in [5, 5.41) is 0.244. The van der Waals surface area contributed by atoms with Gasteiger partial charge in [-0.2, -0.15) is 11.5 Å². The molecule has 0 saturated heterocycles. The topological polar surface area (TPSA) is 0 Å². The van der Waals surface area contributed by atoms with Gasteiger partial charge in [-0.3, -0.25) is 0 Å². The Balaban J connectivity index is 2.12. The van der Waals surface area contributed by atoms with Gasteiger partial charge in [0.1, 0.15) is 0 Å². The summed E-state index contributed by atoms with van der Waals surface area (Å²) in [4.78, 5) is 0. The summed E-state index contributed by atoms with van der Waals surface area (Å²) in [5.74, 6) is 3.39. The average molecular weight is 241 g/mol. The second kappa shape index (κ2) is 3.67. The quantitative estimate of drug-likeness (QED) is 0.560. The molecule has 3 rings (SSSR count). The molecule has 0 aliphatic heterocycles. The zero-order valence-electron chi connectivity index (χ0n) is 11.7. The van der Waals surface area contributed by atoms with Crippen molar-refractivity contribution in [3.8, 4) is 0 Å². The van der Waals surface area contributed by atoms with Gasteiger partial charge in [-0.15, -0.1) is 0 Å². The lowest BCUT2D eigenvalue weighted by Gasteiger charge is -2.63. The van der Waals surface area contributed by atoms with Crippen molar-refractivity contribution in [1.82, 2.24) is 0 Å². The zero-order chi connectivity index (χ0) is 12.3. The first-order valence-corrected chi connectivity index (χ1v) is 7.23. The van der Waals surface area contributed by atoms with E-state index in [2.05, 4.69) is 41.5 Å². The van der Waals surface area contributed by atoms with E-state index in [1.165, 1.54) is 12.8 Å². The number of hydrogen-bond acceptors (Lipinski definition) is 0. The van der Waals surface area contributed by atoms with Crippen LogP contribution in [0.15, 0.2) is 0 Å². The lowest BCUT2D eigenvalue weighted by atomic mass is 9.33. The second-order valence-corrected chi connectivity index (χ2v) is 8.36. The van der Waals surface area contributed by atoms with Gasteiger partial charge in [0.2, 0.25) is 0 Å². The molecule has 3 aliphatic rings. The van der Waals surface area contributed by atoms with Crippen LogP contribution in [-0.2, 0) is 0 Å². The standard InChI is InChI=1S/C14H26BCl/c1-9-11-7-10(14(11,5)6)8-12(9)15(16)13(2,3)4/h9-12H,7-8H2,1-6H3/t9-,10+,11-,12-/m1/s1. The van der Waals surface area contributed by atoms with Crippen LogP contribution in [0.25, 0.3) is 0 Å². The third-order valence-electron chi connectivity index (χ3n) is 5.62. The van der Waals surface area contributed by atoms with Gasteiger partial charge in [0.05, 0.1) is 0 Å². The molecule has 3 fully saturated rings. The molecule has 0 heterocycles. The maximum Gasteiger partial charge on any atom is 0.259 e. The normalized spacial score (nSPS) is 41.4. The fourth-order valence-corrected chi connectivity index (χ4v) is 4.55. The van der Waals surface area contributed by atoms with Crippen LogP contribution in [0.5, 0.6) is 0 Å². The minimum absolute atomic E-state index is 0.244. The molecule has 3 saturated carbocycles. The highest BCUT2D eigenvalue weighted by Crippen LogP contribution is 2.66. The van der Waals surface area contributed by atoms with E-state index < -0.39 is 0 Å². The lowest BCUT2D eigenvalue weighted by molar-refractivity contribution is -0.0991. The summed E-state index contributed by atoms with van der Waals surface area (Å²) in [7, 11) is 0. The highest BCUT2D eigenvalue weighted by Gasteiger charge is 2.58. The van der Waals surface area contributed by atoms with Gasteiger partial charge in [0.25, 0.3) is 6.13 Å². The summed E-state index contributed by atoms with van der Waals surface area (Å²) < 4.78 is 0. The molecule has 0 aromatic rings. The molecule has 0 amide bonds. The van der Waals surface area contributed by atoms with Gasteiger partial charge >= 0.3 is 0 Å². The Morgan fingerprint density at radius 2 is 1.75 bits per heavy atom. The Hall–Kier alpha value is 0.355. The molecular formula is C14H26BCl. The molecule has 92 valence electrons. The van der Waals surface area contributed by atoms with E-state index in [4.69, 9.17) is 11.5 Å². The first-order chi connectivity index (χ1) is 7.15. The molecule has 0 aromatic carbocycles. The van der Waals surface area contributed by atoms with Crippen molar-refractivity contribution in [2.45, 2.75) is 65.5 Å². The van der Waals surface area contributed by atoms with Crippen LogP contribution < -0.4 is 0 Å². The van der Waals surface area contributed by atoms with E-state index in [-0.39, 0.29) is 5.31 Å². The van der Waals surface area contributed by atoms with Gasteiger partial charge in [0, 0.05) is 0 Å². The monoisotopic (exact) mass is 240 g/mol. The maximum absolute atomic E-state index is 6.71. The van der Waals surface area contributed by atoms with Crippen LogP contribution in [0.4, 0.5) is 0 Å². The van der Waals surface area contributed by atoms with Crippen molar-refractivity contribution in [1.29, 1.82) is 0 Å². The predicted molar refractivity (Wildman–Crippen MR) is 74.2 cm³/mol. The highest BCUT2D eigenvalue weighted by molar-refractivity contribution is 7.09. The highest BCUT2D eigenvalue weighted by atomic mass is 35.5. The van der Waals surface area contributed by atoms with E-state index >= 15 is 0 Å². The molecule has 0 N–H and O–H groups in total. The van der Waals surface area contributed by atoms with Crippen molar-refractivity contribution in [2.75, 3.05) is 0 Å². The number of fused-ring (bicyclic) bond motifs is 2. The molecule has 2 bridgehead atoms. The number of rotatable bonds is 1. The largest absolute Gasteiger partial charge is 0.259 e. The van der Waals surface area contributed by atoms with Crippen LogP contribution in [0, 0.1) is 23.2 Å². The fourth-order valence-electron chi connectivity index (χ4n) is 4.22. The van der Waals surface area contributed by atoms with Crippen LogP contribution in [0.2, 0.25) is 11.1 Å². The fraction of sp³-hybridized carbons (Fsp3) is 1.00. The molecule has 0 aromatic heterocycles. The first kappa shape index (κ1) is 12.8.